The van der Waals surface area contributed by atoms with E-state index in [0.717, 1.165) is 18.3 Å². The Balaban J connectivity index is 2.01. The molecule has 33 heavy (non-hydrogen) atoms. The van der Waals surface area contributed by atoms with Gasteiger partial charge < -0.3 is 16.8 Å². The zero-order valence-electron chi connectivity index (χ0n) is 17.2. The summed E-state index contributed by atoms with van der Waals surface area (Å²) in [6.07, 6.45) is -3.89. The van der Waals surface area contributed by atoms with Gasteiger partial charge in [-0.25, -0.2) is 18.4 Å². The second kappa shape index (κ2) is 8.48. The van der Waals surface area contributed by atoms with Gasteiger partial charge in [0, 0.05) is 17.8 Å². The van der Waals surface area contributed by atoms with Crippen LogP contribution in [0.4, 0.5) is 33.6 Å². The molecule has 1 aromatic carbocycles. The van der Waals surface area contributed by atoms with Gasteiger partial charge in [-0.05, 0) is 38.1 Å². The molecule has 3 aromatic rings. The van der Waals surface area contributed by atoms with Crippen LogP contribution in [0.25, 0.3) is 11.3 Å². The third kappa shape index (κ3) is 4.47. The predicted octanol–water partition coefficient (Wildman–Crippen LogP) is 3.76. The van der Waals surface area contributed by atoms with Gasteiger partial charge in [0.1, 0.15) is 22.9 Å². The van der Waals surface area contributed by atoms with Crippen LogP contribution in [0.2, 0.25) is 0 Å². The number of alkyl halides is 3. The van der Waals surface area contributed by atoms with E-state index >= 15 is 0 Å². The molecule has 3 rings (SSSR count). The third-order valence-electron chi connectivity index (χ3n) is 4.59. The van der Waals surface area contributed by atoms with Gasteiger partial charge in [-0.2, -0.15) is 18.3 Å². The molecule has 0 aliphatic heterocycles. The summed E-state index contributed by atoms with van der Waals surface area (Å²) in [5.41, 5.74) is 8.15. The minimum atomic E-state index is -4.69. The predicted molar refractivity (Wildman–Crippen MR) is 108 cm³/mol. The van der Waals surface area contributed by atoms with Gasteiger partial charge in [-0.1, -0.05) is 0 Å². The number of anilines is 2. The summed E-state index contributed by atoms with van der Waals surface area (Å²) in [5, 5.41) is 6.03. The molecule has 2 heterocycles. The molecule has 0 unspecified atom stereocenters. The average molecular weight is 468 g/mol. The number of nitrogens with two attached hydrogens (primary N) is 2. The zero-order valence-corrected chi connectivity index (χ0v) is 17.2. The second-order valence-electron chi connectivity index (χ2n) is 7.18. The number of aromatic nitrogens is 3. The molecule has 0 fully saturated rings. The van der Waals surface area contributed by atoms with Crippen molar-refractivity contribution in [2.24, 2.45) is 5.73 Å². The lowest BCUT2D eigenvalue weighted by Gasteiger charge is -2.10. The normalized spacial score (nSPS) is 11.6. The molecule has 13 heteroatoms. The molecule has 0 aliphatic carbocycles. The molecule has 5 N–H and O–H groups in total. The number of hydrogen-bond acceptors (Lipinski definition) is 5. The Morgan fingerprint density at radius 3 is 2.36 bits per heavy atom. The fraction of sp³-hybridized carbons (Fsp3) is 0.200. The van der Waals surface area contributed by atoms with E-state index < -0.39 is 52.1 Å². The van der Waals surface area contributed by atoms with Crippen LogP contribution in [-0.2, 0) is 6.18 Å². The topological polar surface area (TPSA) is 129 Å². The van der Waals surface area contributed by atoms with Crippen LogP contribution >= 0.6 is 0 Å². The maximum atomic E-state index is 14.9. The maximum Gasteiger partial charge on any atom is 0.416 e. The van der Waals surface area contributed by atoms with Crippen molar-refractivity contribution >= 4 is 23.5 Å². The van der Waals surface area contributed by atoms with Crippen molar-refractivity contribution < 1.29 is 31.5 Å². The number of nitrogens with zero attached hydrogens (tertiary/aromatic N) is 3. The van der Waals surface area contributed by atoms with Crippen molar-refractivity contribution in [1.29, 1.82) is 0 Å². The molecular formula is C20H17F5N6O2. The molecule has 0 radical (unpaired) electrons. The molecule has 8 nitrogen and oxygen atoms in total. The highest BCUT2D eigenvalue weighted by Crippen LogP contribution is 2.33. The number of primary amides is 1. The van der Waals surface area contributed by atoms with Crippen molar-refractivity contribution in [3.63, 3.8) is 0 Å². The lowest BCUT2D eigenvalue weighted by Crippen LogP contribution is -2.17. The van der Waals surface area contributed by atoms with E-state index in [2.05, 4.69) is 10.1 Å². The van der Waals surface area contributed by atoms with Crippen LogP contribution in [0.15, 0.2) is 30.5 Å². The van der Waals surface area contributed by atoms with Crippen LogP contribution in [0.3, 0.4) is 0 Å². The first-order valence-electron chi connectivity index (χ1n) is 9.33. The number of rotatable bonds is 5. The Bertz CT molecular complexity index is 1250. The summed E-state index contributed by atoms with van der Waals surface area (Å²) in [5.74, 6) is -6.08. The number of halogens is 5. The van der Waals surface area contributed by atoms with Crippen molar-refractivity contribution in [3.05, 3.63) is 58.8 Å². The first-order chi connectivity index (χ1) is 15.3. The highest BCUT2D eigenvalue weighted by atomic mass is 19.4. The van der Waals surface area contributed by atoms with Crippen LogP contribution in [0.5, 0.6) is 0 Å². The van der Waals surface area contributed by atoms with Crippen molar-refractivity contribution in [3.8, 4) is 11.3 Å². The highest BCUT2D eigenvalue weighted by molar-refractivity contribution is 6.05. The Hall–Kier alpha value is -4.03. The fourth-order valence-electron chi connectivity index (χ4n) is 3.04. The van der Waals surface area contributed by atoms with Gasteiger partial charge in [-0.15, -0.1) is 0 Å². The number of carbonyl (C=O) groups is 2. The molecule has 2 amide bonds. The Labute approximate surface area is 183 Å². The van der Waals surface area contributed by atoms with Crippen LogP contribution in [0, 0.1) is 11.6 Å². The molecule has 2 aromatic heterocycles. The molecular weight excluding hydrogens is 451 g/mol. The minimum Gasteiger partial charge on any atom is -0.383 e. The lowest BCUT2D eigenvalue weighted by atomic mass is 10.0. The van der Waals surface area contributed by atoms with Crippen LogP contribution in [-0.4, -0.2) is 26.6 Å². The first kappa shape index (κ1) is 23.6. The van der Waals surface area contributed by atoms with E-state index in [4.69, 9.17) is 11.5 Å². The minimum absolute atomic E-state index is 0.148. The summed E-state index contributed by atoms with van der Waals surface area (Å²) in [4.78, 5) is 27.8. The van der Waals surface area contributed by atoms with Gasteiger partial charge in [0.25, 0.3) is 11.8 Å². The summed E-state index contributed by atoms with van der Waals surface area (Å²) in [6.45, 7) is 3.37. The summed E-state index contributed by atoms with van der Waals surface area (Å²) < 4.78 is 69.3. The summed E-state index contributed by atoms with van der Waals surface area (Å²) in [7, 11) is 0. The fourth-order valence-corrected chi connectivity index (χ4v) is 3.04. The van der Waals surface area contributed by atoms with E-state index in [9.17, 15) is 31.5 Å². The highest BCUT2D eigenvalue weighted by Gasteiger charge is 2.31. The Morgan fingerprint density at radius 2 is 1.79 bits per heavy atom. The zero-order chi connectivity index (χ0) is 24.7. The number of benzene rings is 1. The molecule has 0 bridgehead atoms. The summed E-state index contributed by atoms with van der Waals surface area (Å²) >= 11 is 0. The molecule has 0 aliphatic rings. The lowest BCUT2D eigenvalue weighted by molar-refractivity contribution is -0.137. The molecule has 0 spiro atoms. The molecule has 0 saturated carbocycles. The number of pyridine rings is 1. The van der Waals surface area contributed by atoms with Crippen molar-refractivity contribution in [1.82, 2.24) is 14.8 Å². The third-order valence-corrected chi connectivity index (χ3v) is 4.59. The Kier molecular flexibility index (Phi) is 6.07. The van der Waals surface area contributed by atoms with Crippen molar-refractivity contribution in [2.75, 3.05) is 11.1 Å². The van der Waals surface area contributed by atoms with Gasteiger partial charge >= 0.3 is 6.18 Å². The number of nitrogen functional groups attached to an aromatic ring is 1. The van der Waals surface area contributed by atoms with Crippen LogP contribution in [0.1, 0.15) is 46.2 Å². The smallest absolute Gasteiger partial charge is 0.383 e. The van der Waals surface area contributed by atoms with Gasteiger partial charge in [-0.3, -0.25) is 9.59 Å². The van der Waals surface area contributed by atoms with E-state index in [1.54, 1.807) is 13.8 Å². The summed E-state index contributed by atoms with van der Waals surface area (Å²) in [6, 6.07) is 2.75. The van der Waals surface area contributed by atoms with E-state index in [0.29, 0.717) is 12.1 Å². The van der Waals surface area contributed by atoms with Crippen molar-refractivity contribution in [2.45, 2.75) is 26.1 Å². The van der Waals surface area contributed by atoms with E-state index in [-0.39, 0.29) is 23.1 Å². The monoisotopic (exact) mass is 468 g/mol. The van der Waals surface area contributed by atoms with E-state index in [1.807, 2.05) is 5.32 Å². The van der Waals surface area contributed by atoms with E-state index in [1.165, 1.54) is 4.68 Å². The van der Waals surface area contributed by atoms with Gasteiger partial charge in [0.15, 0.2) is 11.6 Å². The number of nitrogens with one attached hydrogen (secondary N) is 1. The molecule has 174 valence electrons. The maximum absolute atomic E-state index is 14.9. The number of amides is 2. The first-order valence-corrected chi connectivity index (χ1v) is 9.33. The second-order valence-corrected chi connectivity index (χ2v) is 7.18. The molecule has 0 atom stereocenters. The standard InChI is InChI=1S/C20H17F5N6O2/c1-8(2)31-17(26)13(18(27)32)16(30-31)10-3-4-11(15(22)14(10)21)19(33)29-12-7-9(5-6-28-12)20(23,24)25/h3-8H,26H2,1-2H3,(H2,27,32)(H,28,29,33). The SMILES string of the molecule is CC(C)n1nc(-c2ccc(C(=O)Nc3cc(C(F)(F)F)ccn3)c(F)c2F)c(C(N)=O)c1N. The molecule has 0 saturated heterocycles. The van der Waals surface area contributed by atoms with Crippen LogP contribution < -0.4 is 16.8 Å². The Morgan fingerprint density at radius 1 is 1.12 bits per heavy atom. The number of hydrogen-bond donors (Lipinski definition) is 3. The van der Waals surface area contributed by atoms with Gasteiger partial charge in [0.2, 0.25) is 0 Å². The van der Waals surface area contributed by atoms with Gasteiger partial charge in [0.05, 0.1) is 11.1 Å². The number of carbonyl (C=O) groups excluding carboxylic acids is 2. The quantitative estimate of drug-likeness (QED) is 0.491. The average Bonchev–Trinajstić information content (AvgIpc) is 3.06. The largest absolute Gasteiger partial charge is 0.416 e.